The van der Waals surface area contributed by atoms with E-state index in [1.165, 1.54) is 18.2 Å². The van der Waals surface area contributed by atoms with Crippen molar-refractivity contribution in [1.82, 2.24) is 29.9 Å². The minimum atomic E-state index is -4.36. The Kier molecular flexibility index (Phi) is 13.2. The van der Waals surface area contributed by atoms with Crippen molar-refractivity contribution < 1.29 is 22.0 Å². The Morgan fingerprint density at radius 3 is 1.19 bits per heavy atom. The number of aromatic amines is 3. The maximum Gasteiger partial charge on any atom is 0.416 e. The van der Waals surface area contributed by atoms with Crippen LogP contribution in [-0.4, -0.2) is 29.9 Å². The van der Waals surface area contributed by atoms with Crippen LogP contribution in [0.25, 0.3) is 67.9 Å². The highest BCUT2D eigenvalue weighted by Crippen LogP contribution is 2.34. The zero-order valence-electron chi connectivity index (χ0n) is 34.7. The number of H-pyrrole nitrogens is 3. The molecule has 0 atom stereocenters. The topological polar surface area (TPSA) is 86.0 Å². The average Bonchev–Trinajstić information content (AvgIpc) is 4.00. The Hall–Kier alpha value is -7.11. The fourth-order valence-electron chi connectivity index (χ4n) is 6.84. The van der Waals surface area contributed by atoms with E-state index in [1.54, 1.807) is 18.2 Å². The number of aromatic nitrogens is 6. The highest BCUT2D eigenvalue weighted by molar-refractivity contribution is 6.30. The van der Waals surface area contributed by atoms with Crippen molar-refractivity contribution in [1.29, 1.82) is 0 Å². The van der Waals surface area contributed by atoms with E-state index in [0.29, 0.717) is 27.7 Å². The standard InChI is InChI=1S/C18H16F2N2.C17H13F3N2.C16H13ClN2/c1-12-16(14-9-6-10-15(11-14)18(2,19)20)22-17(21-12)13-7-4-3-5-8-13;1-11-15(12-6-3-2-4-7-12)22-16(21-11)13-8-5-9-14(10-13)17(18,19)20;1-11-15(12-6-3-2-4-7-12)19-16(18-11)13-8-5-9-14(17)10-13/h3-11H,1-2H3,(H,21,22);2-10H,1H3,(H,21,22);2-10H,1H3,(H,18,19). The normalized spacial score (nSPS) is 11.3. The van der Waals surface area contributed by atoms with Gasteiger partial charge >= 0.3 is 6.18 Å². The largest absolute Gasteiger partial charge is 0.416 e. The first-order chi connectivity index (χ1) is 30.1. The lowest BCUT2D eigenvalue weighted by Gasteiger charge is -2.11. The van der Waals surface area contributed by atoms with Crippen LogP contribution in [0.2, 0.25) is 5.02 Å². The number of hydrogen-bond donors (Lipinski definition) is 3. The van der Waals surface area contributed by atoms with Crippen LogP contribution < -0.4 is 0 Å². The lowest BCUT2D eigenvalue weighted by molar-refractivity contribution is -0.137. The van der Waals surface area contributed by atoms with E-state index in [1.807, 2.05) is 124 Å². The fraction of sp³-hybridized carbons (Fsp3) is 0.118. The summed E-state index contributed by atoms with van der Waals surface area (Å²) in [5.74, 6) is -0.842. The molecule has 318 valence electrons. The van der Waals surface area contributed by atoms with Crippen molar-refractivity contribution in [2.24, 2.45) is 0 Å². The van der Waals surface area contributed by atoms with Gasteiger partial charge in [-0.1, -0.05) is 145 Å². The molecule has 63 heavy (non-hydrogen) atoms. The molecule has 6 nitrogen and oxygen atoms in total. The maximum absolute atomic E-state index is 13.5. The second-order valence-electron chi connectivity index (χ2n) is 14.8. The molecule has 9 rings (SSSR count). The first-order valence-corrected chi connectivity index (χ1v) is 20.3. The molecule has 9 aromatic rings. The van der Waals surface area contributed by atoms with Gasteiger partial charge in [0.25, 0.3) is 5.92 Å². The molecule has 6 aromatic carbocycles. The highest BCUT2D eigenvalue weighted by Gasteiger charge is 2.31. The molecule has 12 heteroatoms. The molecule has 0 spiro atoms. The van der Waals surface area contributed by atoms with E-state index in [2.05, 4.69) is 42.0 Å². The van der Waals surface area contributed by atoms with Gasteiger partial charge in [0.1, 0.15) is 17.5 Å². The van der Waals surface area contributed by atoms with Crippen molar-refractivity contribution >= 4 is 11.6 Å². The maximum atomic E-state index is 13.5. The summed E-state index contributed by atoms with van der Waals surface area (Å²) in [6, 6.07) is 48.6. The van der Waals surface area contributed by atoms with Gasteiger partial charge in [-0.2, -0.15) is 13.2 Å². The van der Waals surface area contributed by atoms with Crippen LogP contribution in [0.3, 0.4) is 0 Å². The number of aryl methyl sites for hydroxylation is 3. The third kappa shape index (κ3) is 10.9. The predicted octanol–water partition coefficient (Wildman–Crippen LogP) is 14.9. The molecule has 0 saturated heterocycles. The van der Waals surface area contributed by atoms with Crippen molar-refractivity contribution in [3.05, 3.63) is 197 Å². The first-order valence-electron chi connectivity index (χ1n) is 19.9. The van der Waals surface area contributed by atoms with Gasteiger partial charge in [0.05, 0.1) is 22.6 Å². The second-order valence-corrected chi connectivity index (χ2v) is 15.3. The molecule has 0 bridgehead atoms. The summed E-state index contributed by atoms with van der Waals surface area (Å²) in [5.41, 5.74) is 9.58. The molecule has 3 N–H and O–H groups in total. The summed E-state index contributed by atoms with van der Waals surface area (Å²) in [5, 5.41) is 0.716. The molecule has 3 aromatic heterocycles. The zero-order valence-corrected chi connectivity index (χ0v) is 35.5. The summed E-state index contributed by atoms with van der Waals surface area (Å²) in [7, 11) is 0. The Balaban J connectivity index is 0.000000142. The highest BCUT2D eigenvalue weighted by atomic mass is 35.5. The van der Waals surface area contributed by atoms with Crippen molar-refractivity contribution in [2.75, 3.05) is 0 Å². The molecule has 0 saturated carbocycles. The van der Waals surface area contributed by atoms with Gasteiger partial charge in [0.15, 0.2) is 0 Å². The Morgan fingerprint density at radius 2 is 0.746 bits per heavy atom. The van der Waals surface area contributed by atoms with E-state index in [4.69, 9.17) is 11.6 Å². The second kappa shape index (κ2) is 18.9. The lowest BCUT2D eigenvalue weighted by atomic mass is 10.0. The van der Waals surface area contributed by atoms with Crippen LogP contribution in [0.1, 0.15) is 35.1 Å². The molecule has 0 radical (unpaired) electrons. The van der Waals surface area contributed by atoms with Gasteiger partial charge in [-0.3, -0.25) is 0 Å². The summed E-state index contributed by atoms with van der Waals surface area (Å²) < 4.78 is 65.4. The minimum Gasteiger partial charge on any atom is -0.342 e. The van der Waals surface area contributed by atoms with Crippen molar-refractivity contribution in [3.8, 4) is 67.9 Å². The SMILES string of the molecule is Cc1[nH]c(-c2cccc(C(F)(F)F)c2)nc1-c1ccccc1.Cc1[nH]c(-c2cccc(Cl)c2)nc1-c1ccccc1.Cc1[nH]c(-c2ccccc2)nc1-c1cccc(C(C)(F)F)c1. The smallest absolute Gasteiger partial charge is 0.342 e. The van der Waals surface area contributed by atoms with Crippen LogP contribution in [0, 0.1) is 20.8 Å². The van der Waals surface area contributed by atoms with Crippen molar-refractivity contribution in [2.45, 2.75) is 39.8 Å². The van der Waals surface area contributed by atoms with Crippen LogP contribution in [-0.2, 0) is 12.1 Å². The van der Waals surface area contributed by atoms with Gasteiger partial charge in [0, 0.05) is 68.0 Å². The minimum absolute atomic E-state index is 0.00587. The number of nitrogens with zero attached hydrogens (tertiary/aromatic N) is 3. The fourth-order valence-corrected chi connectivity index (χ4v) is 7.03. The quantitative estimate of drug-likeness (QED) is 0.139. The van der Waals surface area contributed by atoms with Gasteiger partial charge in [-0.15, -0.1) is 0 Å². The molecule has 0 unspecified atom stereocenters. The van der Waals surface area contributed by atoms with Gasteiger partial charge < -0.3 is 15.0 Å². The van der Waals surface area contributed by atoms with Gasteiger partial charge in [-0.25, -0.2) is 23.7 Å². The number of benzene rings is 6. The first kappa shape index (κ1) is 44.0. The molecular weight excluding hydrogens is 827 g/mol. The number of halogens is 6. The van der Waals surface area contributed by atoms with Crippen LogP contribution >= 0.6 is 11.6 Å². The Labute approximate surface area is 367 Å². The lowest BCUT2D eigenvalue weighted by Crippen LogP contribution is -2.06. The summed E-state index contributed by atoms with van der Waals surface area (Å²) in [6.45, 7) is 6.68. The predicted molar refractivity (Wildman–Crippen MR) is 242 cm³/mol. The molecule has 0 fully saturated rings. The van der Waals surface area contributed by atoms with Crippen LogP contribution in [0.15, 0.2) is 164 Å². The van der Waals surface area contributed by atoms with E-state index in [0.717, 1.165) is 81.4 Å². The number of nitrogens with one attached hydrogen (secondary N) is 3. The molecule has 0 aliphatic heterocycles. The Morgan fingerprint density at radius 1 is 0.397 bits per heavy atom. The van der Waals surface area contributed by atoms with E-state index >= 15 is 0 Å². The van der Waals surface area contributed by atoms with E-state index in [9.17, 15) is 22.0 Å². The zero-order chi connectivity index (χ0) is 44.7. The molecule has 0 amide bonds. The summed E-state index contributed by atoms with van der Waals surface area (Å²) in [6.07, 6.45) is -4.36. The van der Waals surface area contributed by atoms with Gasteiger partial charge in [0.2, 0.25) is 0 Å². The number of imidazole rings is 3. The van der Waals surface area contributed by atoms with E-state index in [-0.39, 0.29) is 5.56 Å². The number of hydrogen-bond acceptors (Lipinski definition) is 3. The van der Waals surface area contributed by atoms with Gasteiger partial charge in [-0.05, 0) is 51.1 Å². The molecule has 0 aliphatic rings. The summed E-state index contributed by atoms with van der Waals surface area (Å²) >= 11 is 6.02. The molecule has 3 heterocycles. The number of alkyl halides is 5. The van der Waals surface area contributed by atoms with E-state index < -0.39 is 17.7 Å². The van der Waals surface area contributed by atoms with Crippen molar-refractivity contribution in [3.63, 3.8) is 0 Å². The molecule has 0 aliphatic carbocycles. The third-order valence-corrected chi connectivity index (χ3v) is 10.2. The summed E-state index contributed by atoms with van der Waals surface area (Å²) in [4.78, 5) is 23.3. The average molecular weight is 869 g/mol. The van der Waals surface area contributed by atoms with Crippen LogP contribution in [0.5, 0.6) is 0 Å². The third-order valence-electron chi connectivity index (χ3n) is 10.0. The Bertz CT molecular complexity index is 2910. The monoisotopic (exact) mass is 868 g/mol. The van der Waals surface area contributed by atoms with Crippen LogP contribution in [0.4, 0.5) is 22.0 Å². The number of rotatable bonds is 7. The molecular formula is C51H42ClF5N6.